The molecule has 1 N–H and O–H groups in total. The molecule has 3 rings (SSSR count). The molecule has 1 aliphatic heterocycles. The summed E-state index contributed by atoms with van der Waals surface area (Å²) in [7, 11) is 1.70. The Hall–Kier alpha value is -3.13. The van der Waals surface area contributed by atoms with Gasteiger partial charge < -0.3 is 24.6 Å². The van der Waals surface area contributed by atoms with Crippen LogP contribution in [-0.2, 0) is 20.8 Å². The maximum atomic E-state index is 12.4. The zero-order valence-electron chi connectivity index (χ0n) is 19.3. The van der Waals surface area contributed by atoms with E-state index in [4.69, 9.17) is 9.47 Å². The van der Waals surface area contributed by atoms with Crippen molar-refractivity contribution in [3.8, 4) is 11.1 Å². The molecule has 0 radical (unpaired) electrons. The third-order valence-corrected chi connectivity index (χ3v) is 5.00. The van der Waals surface area contributed by atoms with Crippen LogP contribution in [0, 0.1) is 0 Å². The fourth-order valence-corrected chi connectivity index (χ4v) is 3.38. The minimum absolute atomic E-state index is 0.123. The molecular formula is C24H32N4O4. The summed E-state index contributed by atoms with van der Waals surface area (Å²) in [6, 6.07) is 10.4. The van der Waals surface area contributed by atoms with Crippen molar-refractivity contribution in [3.05, 3.63) is 48.3 Å². The summed E-state index contributed by atoms with van der Waals surface area (Å²) in [6.07, 6.45) is 2.96. The molecule has 1 aromatic heterocycles. The topological polar surface area (TPSA) is 84.0 Å². The van der Waals surface area contributed by atoms with Crippen molar-refractivity contribution in [3.63, 3.8) is 0 Å². The number of amides is 2. The lowest BCUT2D eigenvalue weighted by molar-refractivity contribution is -0.129. The third kappa shape index (κ3) is 6.95. The monoisotopic (exact) mass is 440 g/mol. The van der Waals surface area contributed by atoms with Crippen molar-refractivity contribution in [1.29, 1.82) is 0 Å². The summed E-state index contributed by atoms with van der Waals surface area (Å²) < 4.78 is 10.6. The molecule has 8 heteroatoms. The van der Waals surface area contributed by atoms with E-state index in [-0.39, 0.29) is 12.5 Å². The number of likely N-dealkylation sites (N-methyl/N-ethyl adjacent to an activating group) is 1. The average Bonchev–Trinajstić information content (AvgIpc) is 2.77. The highest BCUT2D eigenvalue weighted by Crippen LogP contribution is 2.24. The summed E-state index contributed by atoms with van der Waals surface area (Å²) in [6.45, 7) is 8.91. The first-order chi connectivity index (χ1) is 15.2. The number of nitrogens with one attached hydrogen (secondary N) is 1. The van der Waals surface area contributed by atoms with E-state index in [9.17, 15) is 9.59 Å². The number of morpholine rings is 1. The second-order valence-electron chi connectivity index (χ2n) is 8.83. The molecule has 2 amide bonds. The normalized spacial score (nSPS) is 14.1. The van der Waals surface area contributed by atoms with Crippen LogP contribution >= 0.6 is 0 Å². The molecule has 0 spiro atoms. The van der Waals surface area contributed by atoms with Gasteiger partial charge in [0.1, 0.15) is 12.1 Å². The second kappa shape index (κ2) is 10.5. The SMILES string of the molecule is CN(Cc1cncc(-c2ccc(N3CCOCC3)cc2)c1)C(=O)CNC(=O)OC(C)(C)C. The number of alkyl carbamates (subject to hydrolysis) is 1. The molecule has 0 unspecified atom stereocenters. The number of pyridine rings is 1. The van der Waals surface area contributed by atoms with Gasteiger partial charge in [-0.25, -0.2) is 4.79 Å². The summed E-state index contributed by atoms with van der Waals surface area (Å²) in [5.74, 6) is -0.212. The Kier molecular flexibility index (Phi) is 7.69. The van der Waals surface area contributed by atoms with Crippen molar-refractivity contribution in [2.24, 2.45) is 0 Å². The predicted molar refractivity (Wildman–Crippen MR) is 123 cm³/mol. The van der Waals surface area contributed by atoms with Gasteiger partial charge in [-0.2, -0.15) is 0 Å². The zero-order valence-corrected chi connectivity index (χ0v) is 19.3. The molecule has 0 atom stereocenters. The lowest BCUT2D eigenvalue weighted by Gasteiger charge is -2.28. The molecular weight excluding hydrogens is 408 g/mol. The van der Waals surface area contributed by atoms with Gasteiger partial charge in [0.15, 0.2) is 0 Å². The van der Waals surface area contributed by atoms with Crippen molar-refractivity contribution in [1.82, 2.24) is 15.2 Å². The zero-order chi connectivity index (χ0) is 23.1. The number of carbonyl (C=O) groups excluding carboxylic acids is 2. The van der Waals surface area contributed by atoms with E-state index in [0.717, 1.165) is 43.0 Å². The Morgan fingerprint density at radius 3 is 2.47 bits per heavy atom. The number of anilines is 1. The number of ether oxygens (including phenoxy) is 2. The molecule has 172 valence electrons. The van der Waals surface area contributed by atoms with Gasteiger partial charge >= 0.3 is 6.09 Å². The van der Waals surface area contributed by atoms with Crippen LogP contribution in [0.4, 0.5) is 10.5 Å². The highest BCUT2D eigenvalue weighted by Gasteiger charge is 2.18. The third-order valence-electron chi connectivity index (χ3n) is 5.00. The van der Waals surface area contributed by atoms with E-state index in [2.05, 4.69) is 39.5 Å². The van der Waals surface area contributed by atoms with E-state index in [1.54, 1.807) is 38.9 Å². The standard InChI is InChI=1S/C24H32N4O4/c1-24(2,3)32-23(30)26-16-22(29)27(4)17-18-13-20(15-25-14-18)19-5-7-21(8-6-19)28-9-11-31-12-10-28/h5-8,13-15H,9-12,16-17H2,1-4H3,(H,26,30). The number of nitrogens with zero attached hydrogens (tertiary/aromatic N) is 3. The molecule has 1 saturated heterocycles. The van der Waals surface area contributed by atoms with Gasteiger partial charge in [0.05, 0.1) is 13.2 Å². The maximum Gasteiger partial charge on any atom is 0.408 e. The summed E-state index contributed by atoms with van der Waals surface area (Å²) in [5.41, 5.74) is 3.54. The Balaban J connectivity index is 1.57. The average molecular weight is 441 g/mol. The Labute approximate surface area is 189 Å². The molecule has 0 bridgehead atoms. The van der Waals surface area contributed by atoms with Gasteiger partial charge in [-0.3, -0.25) is 9.78 Å². The molecule has 2 heterocycles. The van der Waals surface area contributed by atoms with E-state index in [0.29, 0.717) is 6.54 Å². The van der Waals surface area contributed by atoms with Crippen molar-refractivity contribution >= 4 is 17.7 Å². The quantitative estimate of drug-likeness (QED) is 0.743. The molecule has 32 heavy (non-hydrogen) atoms. The van der Waals surface area contributed by atoms with Crippen LogP contribution in [-0.4, -0.2) is 67.4 Å². The Bertz CT molecular complexity index is 918. The Morgan fingerprint density at radius 1 is 1.12 bits per heavy atom. The van der Waals surface area contributed by atoms with Crippen LogP contribution in [0.3, 0.4) is 0 Å². The van der Waals surface area contributed by atoms with Gasteiger partial charge in [0.2, 0.25) is 5.91 Å². The van der Waals surface area contributed by atoms with E-state index in [1.807, 2.05) is 12.3 Å². The van der Waals surface area contributed by atoms with Crippen LogP contribution in [0.15, 0.2) is 42.7 Å². The highest BCUT2D eigenvalue weighted by atomic mass is 16.6. The molecule has 8 nitrogen and oxygen atoms in total. The maximum absolute atomic E-state index is 12.4. The van der Waals surface area contributed by atoms with Gasteiger partial charge in [-0.1, -0.05) is 12.1 Å². The van der Waals surface area contributed by atoms with Crippen molar-refractivity contribution in [2.45, 2.75) is 32.9 Å². The van der Waals surface area contributed by atoms with Gasteiger partial charge in [0, 0.05) is 50.3 Å². The summed E-state index contributed by atoms with van der Waals surface area (Å²) in [5, 5.41) is 2.50. The van der Waals surface area contributed by atoms with Gasteiger partial charge in [0.25, 0.3) is 0 Å². The fourth-order valence-electron chi connectivity index (χ4n) is 3.38. The first-order valence-corrected chi connectivity index (χ1v) is 10.8. The number of aromatic nitrogens is 1. The number of benzene rings is 1. The smallest absolute Gasteiger partial charge is 0.408 e. The molecule has 0 aliphatic carbocycles. The van der Waals surface area contributed by atoms with E-state index in [1.165, 1.54) is 5.69 Å². The predicted octanol–water partition coefficient (Wildman–Crippen LogP) is 3.07. The largest absolute Gasteiger partial charge is 0.444 e. The lowest BCUT2D eigenvalue weighted by Crippen LogP contribution is -2.40. The van der Waals surface area contributed by atoms with Crippen molar-refractivity contribution in [2.75, 3.05) is 44.8 Å². The second-order valence-corrected chi connectivity index (χ2v) is 8.83. The first-order valence-electron chi connectivity index (χ1n) is 10.8. The molecule has 1 aromatic carbocycles. The number of carbonyl (C=O) groups is 2. The fraction of sp³-hybridized carbons (Fsp3) is 0.458. The highest BCUT2D eigenvalue weighted by molar-refractivity contribution is 5.82. The molecule has 0 saturated carbocycles. The van der Waals surface area contributed by atoms with E-state index >= 15 is 0 Å². The minimum Gasteiger partial charge on any atom is -0.444 e. The van der Waals surface area contributed by atoms with Crippen LogP contribution in [0.5, 0.6) is 0 Å². The first kappa shape index (κ1) is 23.5. The van der Waals surface area contributed by atoms with Gasteiger partial charge in [-0.15, -0.1) is 0 Å². The summed E-state index contributed by atoms with van der Waals surface area (Å²) >= 11 is 0. The van der Waals surface area contributed by atoms with Crippen molar-refractivity contribution < 1.29 is 19.1 Å². The minimum atomic E-state index is -0.608. The van der Waals surface area contributed by atoms with E-state index < -0.39 is 11.7 Å². The lowest BCUT2D eigenvalue weighted by atomic mass is 10.1. The van der Waals surface area contributed by atoms with Crippen LogP contribution in [0.2, 0.25) is 0 Å². The number of rotatable bonds is 6. The molecule has 1 fully saturated rings. The van der Waals surface area contributed by atoms with Crippen LogP contribution in [0.25, 0.3) is 11.1 Å². The number of hydrogen-bond donors (Lipinski definition) is 1. The Morgan fingerprint density at radius 2 is 1.81 bits per heavy atom. The van der Waals surface area contributed by atoms with Gasteiger partial charge in [-0.05, 0) is 50.1 Å². The summed E-state index contributed by atoms with van der Waals surface area (Å²) in [4.78, 5) is 32.3. The molecule has 1 aliphatic rings. The number of hydrogen-bond acceptors (Lipinski definition) is 6. The van der Waals surface area contributed by atoms with Crippen LogP contribution < -0.4 is 10.2 Å². The molecule has 2 aromatic rings. The van der Waals surface area contributed by atoms with Crippen LogP contribution in [0.1, 0.15) is 26.3 Å².